The third-order valence-electron chi connectivity index (χ3n) is 3.99. The summed E-state index contributed by atoms with van der Waals surface area (Å²) in [5.41, 5.74) is 0. The number of nitrogens with one attached hydrogen (secondary N) is 3. The van der Waals surface area contributed by atoms with Crippen LogP contribution >= 0.6 is 7.82 Å². The highest BCUT2D eigenvalue weighted by atomic mass is 31.2. The van der Waals surface area contributed by atoms with E-state index in [2.05, 4.69) is 20.5 Å². The normalized spacial score (nSPS) is 12.7. The number of rotatable bonds is 18. The summed E-state index contributed by atoms with van der Waals surface area (Å²) >= 11 is 0. The lowest BCUT2D eigenvalue weighted by Crippen LogP contribution is -2.33. The molecule has 0 aromatic rings. The van der Waals surface area contributed by atoms with Crippen LogP contribution in [0.1, 0.15) is 38.5 Å². The average molecular weight is 485 g/mol. The fraction of sp³-hybridized carbons (Fsp3) is 0.833. The molecule has 0 radical (unpaired) electrons. The van der Waals surface area contributed by atoms with E-state index in [4.69, 9.17) is 23.6 Å². The monoisotopic (exact) mass is 485 g/mol. The van der Waals surface area contributed by atoms with Crippen LogP contribution in [0.3, 0.4) is 0 Å². The van der Waals surface area contributed by atoms with Gasteiger partial charge in [0.2, 0.25) is 5.91 Å². The number of phosphoric acid groups is 1. The predicted octanol–water partition coefficient (Wildman–Crippen LogP) is 1.30. The molecule has 0 aliphatic heterocycles. The first-order valence-electron chi connectivity index (χ1n) is 10.3. The van der Waals surface area contributed by atoms with Crippen molar-refractivity contribution in [2.24, 2.45) is 0 Å². The van der Waals surface area contributed by atoms with E-state index >= 15 is 0 Å². The van der Waals surface area contributed by atoms with Crippen LogP contribution in [0.25, 0.3) is 0 Å². The van der Waals surface area contributed by atoms with E-state index in [1.165, 1.54) is 14.1 Å². The Balaban J connectivity index is 3.86. The van der Waals surface area contributed by atoms with Gasteiger partial charge in [-0.15, -0.1) is 0 Å². The predicted molar refractivity (Wildman–Crippen MR) is 114 cm³/mol. The second-order valence-electron chi connectivity index (χ2n) is 6.54. The van der Waals surface area contributed by atoms with Gasteiger partial charge in [-0.1, -0.05) is 12.8 Å². The molecule has 0 heterocycles. The minimum atomic E-state index is -3.90. The number of alkyl carbamates (subject to hydrolysis) is 2. The number of amides is 3. The molecule has 0 aliphatic rings. The molecule has 14 heteroatoms. The molecule has 0 saturated heterocycles. The summed E-state index contributed by atoms with van der Waals surface area (Å²) in [6.45, 7) is 0.684. The van der Waals surface area contributed by atoms with E-state index in [1.54, 1.807) is 0 Å². The van der Waals surface area contributed by atoms with Crippen LogP contribution in [0.2, 0.25) is 0 Å². The number of hydrogen-bond donors (Lipinski definition) is 4. The molecule has 1 atom stereocenters. The lowest BCUT2D eigenvalue weighted by atomic mass is 10.2. The number of ether oxygens (including phenoxy) is 3. The molecule has 4 N–H and O–H groups in total. The first-order valence-corrected chi connectivity index (χ1v) is 11.8. The first-order chi connectivity index (χ1) is 15.2. The maximum absolute atomic E-state index is 11.9. The number of phosphoric ester groups is 1. The molecular weight excluding hydrogens is 449 g/mol. The maximum Gasteiger partial charge on any atom is 0.471 e. The molecule has 1 unspecified atom stereocenters. The summed E-state index contributed by atoms with van der Waals surface area (Å²) in [4.78, 5) is 43.3. The van der Waals surface area contributed by atoms with Gasteiger partial charge in [-0.2, -0.15) is 0 Å². The molecule has 0 aromatic carbocycles. The molecule has 13 nitrogen and oxygen atoms in total. The Bertz CT molecular complexity index is 573. The molecule has 0 aliphatic carbocycles. The quantitative estimate of drug-likeness (QED) is 0.164. The molecule has 0 rings (SSSR count). The molecule has 188 valence electrons. The third kappa shape index (κ3) is 17.7. The number of carbonyl (C=O) groups excluding carboxylic acids is 3. The topological polar surface area (TPSA) is 171 Å². The molecule has 0 saturated carbocycles. The summed E-state index contributed by atoms with van der Waals surface area (Å²) in [6.07, 6.45) is 1.82. The minimum absolute atomic E-state index is 0.102. The van der Waals surface area contributed by atoms with E-state index in [1.807, 2.05) is 0 Å². The zero-order valence-corrected chi connectivity index (χ0v) is 19.8. The van der Waals surface area contributed by atoms with Crippen molar-refractivity contribution < 1.29 is 47.1 Å². The molecular formula is C18H36N3O10P. The number of carbonyl (C=O) groups is 3. The van der Waals surface area contributed by atoms with Gasteiger partial charge in [-0.3, -0.25) is 13.8 Å². The van der Waals surface area contributed by atoms with Crippen molar-refractivity contribution in [2.75, 3.05) is 54.2 Å². The molecule has 0 fully saturated rings. The summed E-state index contributed by atoms with van der Waals surface area (Å²) in [6, 6.07) is 0. The van der Waals surface area contributed by atoms with Gasteiger partial charge in [0.05, 0.1) is 6.61 Å². The Kier molecular flexibility index (Phi) is 17.5. The van der Waals surface area contributed by atoms with E-state index in [9.17, 15) is 18.9 Å². The van der Waals surface area contributed by atoms with Crippen LogP contribution in [-0.4, -0.2) is 83.3 Å². The van der Waals surface area contributed by atoms with Crippen LogP contribution < -0.4 is 16.0 Å². The minimum Gasteiger partial charge on any atom is -0.447 e. The number of hydrogen-bond acceptors (Lipinski definition) is 9. The van der Waals surface area contributed by atoms with E-state index in [0.29, 0.717) is 19.4 Å². The summed E-state index contributed by atoms with van der Waals surface area (Å²) in [5, 5.41) is 7.41. The Morgan fingerprint density at radius 3 is 2.06 bits per heavy atom. The van der Waals surface area contributed by atoms with Gasteiger partial charge in [0.1, 0.15) is 19.3 Å². The summed E-state index contributed by atoms with van der Waals surface area (Å²) in [7, 11) is 0.0462. The SMILES string of the molecule is CNC(=O)OCC(COC(=O)NC)OCCCC(=O)NCCCCCCOP(=O)(O)OC. The number of unbranched alkanes of at least 4 members (excludes halogenated alkanes) is 3. The lowest BCUT2D eigenvalue weighted by Gasteiger charge is -2.17. The second kappa shape index (κ2) is 18.6. The van der Waals surface area contributed by atoms with Crippen molar-refractivity contribution in [1.82, 2.24) is 16.0 Å². The van der Waals surface area contributed by atoms with Crippen molar-refractivity contribution in [2.45, 2.75) is 44.6 Å². The highest BCUT2D eigenvalue weighted by molar-refractivity contribution is 7.47. The Hall–Kier alpha value is -1.92. The van der Waals surface area contributed by atoms with Gasteiger partial charge in [0.15, 0.2) is 0 Å². The zero-order valence-electron chi connectivity index (χ0n) is 18.9. The summed E-state index contributed by atoms with van der Waals surface area (Å²) < 4.78 is 35.5. The maximum atomic E-state index is 11.9. The zero-order chi connectivity index (χ0) is 24.2. The van der Waals surface area contributed by atoms with Crippen LogP contribution in [0.4, 0.5) is 9.59 Å². The van der Waals surface area contributed by atoms with Gasteiger partial charge in [0.25, 0.3) is 0 Å². The highest BCUT2D eigenvalue weighted by Gasteiger charge is 2.17. The Morgan fingerprint density at radius 1 is 0.906 bits per heavy atom. The van der Waals surface area contributed by atoms with Gasteiger partial charge < -0.3 is 35.1 Å². The van der Waals surface area contributed by atoms with Crippen molar-refractivity contribution in [3.05, 3.63) is 0 Å². The summed E-state index contributed by atoms with van der Waals surface area (Å²) in [5.74, 6) is -0.113. The van der Waals surface area contributed by atoms with Gasteiger partial charge >= 0.3 is 20.0 Å². The molecule has 0 aromatic heterocycles. The van der Waals surface area contributed by atoms with Crippen LogP contribution in [0.15, 0.2) is 0 Å². The van der Waals surface area contributed by atoms with Crippen molar-refractivity contribution in [3.8, 4) is 0 Å². The van der Waals surface area contributed by atoms with E-state index in [0.717, 1.165) is 26.4 Å². The molecule has 0 bridgehead atoms. The fourth-order valence-corrected chi connectivity index (χ4v) is 2.70. The molecule has 3 amide bonds. The standard InChI is InChI=1S/C18H36N3O10P/c1-19-17(23)29-13-15(14-30-18(24)20-2)28-11-8-9-16(22)21-10-6-4-5-7-12-31-32(25,26)27-3/h15H,4-14H2,1-3H3,(H,19,23)(H,20,24)(H,21,22)(H,25,26). The van der Waals surface area contributed by atoms with Crippen LogP contribution in [0, 0.1) is 0 Å². The van der Waals surface area contributed by atoms with Gasteiger partial charge in [-0.05, 0) is 19.3 Å². The van der Waals surface area contributed by atoms with E-state index in [-0.39, 0.29) is 38.8 Å². The first kappa shape index (κ1) is 30.1. The third-order valence-corrected chi connectivity index (χ3v) is 4.96. The lowest BCUT2D eigenvalue weighted by molar-refractivity contribution is -0.121. The van der Waals surface area contributed by atoms with Crippen molar-refractivity contribution in [3.63, 3.8) is 0 Å². The second-order valence-corrected chi connectivity index (χ2v) is 8.10. The van der Waals surface area contributed by atoms with E-state index < -0.39 is 26.1 Å². The largest absolute Gasteiger partial charge is 0.471 e. The average Bonchev–Trinajstić information content (AvgIpc) is 2.78. The van der Waals surface area contributed by atoms with Crippen molar-refractivity contribution in [1.29, 1.82) is 0 Å². The highest BCUT2D eigenvalue weighted by Crippen LogP contribution is 2.41. The Labute approximate surface area is 188 Å². The van der Waals surface area contributed by atoms with Gasteiger partial charge in [-0.25, -0.2) is 14.2 Å². The van der Waals surface area contributed by atoms with Crippen LogP contribution in [0.5, 0.6) is 0 Å². The Morgan fingerprint density at radius 2 is 1.50 bits per heavy atom. The molecule has 0 spiro atoms. The van der Waals surface area contributed by atoms with Crippen LogP contribution in [-0.2, 0) is 32.6 Å². The fourth-order valence-electron chi connectivity index (χ4n) is 2.24. The van der Waals surface area contributed by atoms with Crippen molar-refractivity contribution >= 4 is 25.9 Å². The smallest absolute Gasteiger partial charge is 0.447 e. The molecule has 32 heavy (non-hydrogen) atoms. The van der Waals surface area contributed by atoms with Gasteiger partial charge in [0, 0.05) is 40.8 Å².